The number of rotatable bonds is 10. The van der Waals surface area contributed by atoms with Crippen LogP contribution in [0.3, 0.4) is 0 Å². The van der Waals surface area contributed by atoms with Crippen molar-refractivity contribution >= 4 is 17.9 Å². The minimum absolute atomic E-state index is 0. The van der Waals surface area contributed by atoms with Gasteiger partial charge in [-0.15, -0.1) is 0 Å². The molecule has 14 nitrogen and oxygen atoms in total. The second-order valence-corrected chi connectivity index (χ2v) is 7.55. The fraction of sp³-hybridized carbons (Fsp3) is 0.833. The van der Waals surface area contributed by atoms with Crippen LogP contribution < -0.4 is 0 Å². The van der Waals surface area contributed by atoms with Gasteiger partial charge in [-0.25, -0.2) is 0 Å². The molecule has 1 aliphatic heterocycles. The van der Waals surface area contributed by atoms with Crippen molar-refractivity contribution in [3.05, 3.63) is 0 Å². The number of hydrogen-bond donors (Lipinski definition) is 6. The molecule has 0 amide bonds. The molecule has 0 aliphatic carbocycles. The maximum Gasteiger partial charge on any atom is 0.317 e. The van der Waals surface area contributed by atoms with Crippen LogP contribution in [0.25, 0.3) is 0 Å². The second kappa shape index (κ2) is 18.7. The molecule has 1 fully saturated rings. The minimum Gasteiger partial charge on any atom is -0.480 e. The summed E-state index contributed by atoms with van der Waals surface area (Å²) in [5, 5.41) is 56.6. The van der Waals surface area contributed by atoms with E-state index in [0.717, 1.165) is 0 Å². The third-order valence-electron chi connectivity index (χ3n) is 5.24. The van der Waals surface area contributed by atoms with Crippen molar-refractivity contribution in [3.63, 3.8) is 0 Å². The van der Waals surface area contributed by atoms with Crippen molar-refractivity contribution in [2.24, 2.45) is 0 Å². The van der Waals surface area contributed by atoms with Crippen LogP contribution in [0.15, 0.2) is 0 Å². The smallest absolute Gasteiger partial charge is 0.317 e. The second-order valence-electron chi connectivity index (χ2n) is 7.55. The van der Waals surface area contributed by atoms with E-state index < -0.39 is 43.3 Å². The Morgan fingerprint density at radius 2 is 0.939 bits per heavy atom. The summed E-state index contributed by atoms with van der Waals surface area (Å²) in [6.45, 7) is 0.396. The first-order chi connectivity index (χ1) is 14.7. The van der Waals surface area contributed by atoms with Gasteiger partial charge in [0.1, 0.15) is 0 Å². The fourth-order valence-corrected chi connectivity index (χ4v) is 3.53. The largest absolute Gasteiger partial charge is 0.480 e. The number of nitrogens with zero attached hydrogens (tertiary/aromatic N) is 4. The van der Waals surface area contributed by atoms with Crippen LogP contribution >= 0.6 is 0 Å². The van der Waals surface area contributed by atoms with Gasteiger partial charge < -0.3 is 36.1 Å². The van der Waals surface area contributed by atoms with Crippen LogP contribution in [0, 0.1) is 39.9 Å². The van der Waals surface area contributed by atoms with E-state index in [1.54, 1.807) is 19.6 Å². The molecule has 2 atom stereocenters. The Morgan fingerprint density at radius 1 is 0.636 bits per heavy atom. The summed E-state index contributed by atoms with van der Waals surface area (Å²) in [4.78, 5) is 40.3. The standard InChI is InChI=1S/C18H34N4O9.Gd.H2O/c23-12-14(15(25)13-24)22-7-5-20(10-17(28)29)3-1-19(9-16(26)27)2-4-21(6-8-22)11-18(30)31;;/h14-15,23-25H,1-13H2,(H,26,27)(H,28,29)(H,30,31);;1H2/t14-,15-;;/m1../s1. The summed E-state index contributed by atoms with van der Waals surface area (Å²) in [7, 11) is 0. The summed E-state index contributed by atoms with van der Waals surface area (Å²) in [6, 6.07) is -0.796. The Kier molecular flexibility index (Phi) is 19.6. The molecule has 33 heavy (non-hydrogen) atoms. The molecule has 0 unspecified atom stereocenters. The summed E-state index contributed by atoms with van der Waals surface area (Å²) in [5.41, 5.74) is 0. The van der Waals surface area contributed by atoms with Gasteiger partial charge in [0.25, 0.3) is 0 Å². The molecule has 1 rings (SSSR count). The number of carbonyl (C=O) groups is 3. The van der Waals surface area contributed by atoms with E-state index in [9.17, 15) is 39.9 Å². The van der Waals surface area contributed by atoms with Gasteiger partial charge in [-0.1, -0.05) is 0 Å². The molecule has 1 aliphatic rings. The molecule has 1 heterocycles. The quantitative estimate of drug-likeness (QED) is 0.135. The summed E-state index contributed by atoms with van der Waals surface area (Å²) < 4.78 is 0. The summed E-state index contributed by atoms with van der Waals surface area (Å²) in [6.07, 6.45) is -1.22. The Hall–Kier alpha value is -0.585. The zero-order valence-corrected chi connectivity index (χ0v) is 20.7. The number of aliphatic carboxylic acids is 3. The normalized spacial score (nSPS) is 19.7. The van der Waals surface area contributed by atoms with E-state index in [1.165, 1.54) is 0 Å². The monoisotopic (exact) mass is 626 g/mol. The SMILES string of the molecule is O.O=C(O)CN1CCN(CC(=O)O)CCN([C@H](CO)[C@H](O)CO)CCN(CC(=O)O)CC1.[Gd]. The maximum absolute atomic E-state index is 11.2. The molecule has 15 heteroatoms. The average Bonchev–Trinajstić information content (AvgIpc) is 2.68. The molecule has 8 N–H and O–H groups in total. The molecule has 0 saturated carbocycles. The van der Waals surface area contributed by atoms with E-state index >= 15 is 0 Å². The minimum atomic E-state index is -1.22. The van der Waals surface area contributed by atoms with Crippen molar-refractivity contribution in [2.45, 2.75) is 12.1 Å². The summed E-state index contributed by atoms with van der Waals surface area (Å²) in [5.74, 6) is -3.10. The number of carboxylic acid groups (broad SMARTS) is 3. The van der Waals surface area contributed by atoms with Crippen molar-refractivity contribution in [2.75, 3.05) is 85.2 Å². The van der Waals surface area contributed by atoms with Crippen molar-refractivity contribution in [1.82, 2.24) is 19.6 Å². The summed E-state index contributed by atoms with van der Waals surface area (Å²) >= 11 is 0. The molecular formula is C18H36GdN4O10. The first kappa shape index (κ1) is 34.6. The van der Waals surface area contributed by atoms with Gasteiger partial charge in [0.15, 0.2) is 0 Å². The maximum atomic E-state index is 11.2. The van der Waals surface area contributed by atoms with Crippen LogP contribution in [-0.2, 0) is 14.4 Å². The molecule has 0 aromatic rings. The number of hydrogen-bond acceptors (Lipinski definition) is 10. The molecular weight excluding hydrogens is 589 g/mol. The van der Waals surface area contributed by atoms with Crippen LogP contribution in [0.5, 0.6) is 0 Å². The Morgan fingerprint density at radius 3 is 1.18 bits per heavy atom. The first-order valence-electron chi connectivity index (χ1n) is 10.1. The van der Waals surface area contributed by atoms with Gasteiger partial charge >= 0.3 is 17.9 Å². The Labute approximate surface area is 224 Å². The molecule has 196 valence electrons. The van der Waals surface area contributed by atoms with Crippen LogP contribution in [-0.4, -0.2) is 171 Å². The van der Waals surface area contributed by atoms with E-state index in [2.05, 4.69) is 0 Å². The molecule has 1 saturated heterocycles. The van der Waals surface area contributed by atoms with Crippen molar-refractivity contribution in [1.29, 1.82) is 0 Å². The molecule has 0 aromatic heterocycles. The zero-order valence-electron chi connectivity index (χ0n) is 18.4. The predicted molar refractivity (Wildman–Crippen MR) is 111 cm³/mol. The van der Waals surface area contributed by atoms with Crippen LogP contribution in [0.1, 0.15) is 0 Å². The molecule has 0 radical (unpaired) electrons. The van der Waals surface area contributed by atoms with Gasteiger partial charge in [-0.2, -0.15) is 0 Å². The van der Waals surface area contributed by atoms with Crippen LogP contribution in [0.4, 0.5) is 0 Å². The predicted octanol–water partition coefficient (Wildman–Crippen LogP) is -4.65. The fourth-order valence-electron chi connectivity index (χ4n) is 3.53. The first-order valence-corrected chi connectivity index (χ1v) is 10.1. The van der Waals surface area contributed by atoms with Crippen LogP contribution in [0.2, 0.25) is 0 Å². The third-order valence-corrected chi connectivity index (χ3v) is 5.24. The number of carboxylic acids is 3. The number of aliphatic hydroxyl groups is 3. The zero-order chi connectivity index (χ0) is 23.4. The van der Waals surface area contributed by atoms with Gasteiger partial charge in [-0.05, 0) is 0 Å². The van der Waals surface area contributed by atoms with E-state index in [1.807, 2.05) is 0 Å². The van der Waals surface area contributed by atoms with Crippen molar-refractivity contribution < 1.29 is 90.4 Å². The Balaban J connectivity index is 0. The Bertz CT molecular complexity index is 556. The number of aliphatic hydroxyl groups excluding tert-OH is 3. The van der Waals surface area contributed by atoms with Crippen molar-refractivity contribution in [3.8, 4) is 0 Å². The van der Waals surface area contributed by atoms with Gasteiger partial charge in [0.05, 0.1) is 45.0 Å². The van der Waals surface area contributed by atoms with E-state index in [-0.39, 0.29) is 117 Å². The average molecular weight is 626 g/mol. The topological polar surface area (TPSA) is 217 Å². The molecule has 0 aromatic carbocycles. The van der Waals surface area contributed by atoms with Gasteiger partial charge in [-0.3, -0.25) is 34.0 Å². The third kappa shape index (κ3) is 14.4. The van der Waals surface area contributed by atoms with Gasteiger partial charge in [0, 0.05) is 92.3 Å². The molecule has 0 bridgehead atoms. The van der Waals surface area contributed by atoms with Gasteiger partial charge in [0.2, 0.25) is 0 Å². The van der Waals surface area contributed by atoms with E-state index in [4.69, 9.17) is 5.11 Å². The van der Waals surface area contributed by atoms with E-state index in [0.29, 0.717) is 0 Å². The molecule has 0 spiro atoms.